The molecule has 2 aliphatic heterocycles. The van der Waals surface area contributed by atoms with Gasteiger partial charge in [0.05, 0.1) is 9.79 Å². The second-order valence-electron chi connectivity index (χ2n) is 10.3. The Morgan fingerprint density at radius 2 is 1.00 bits per heavy atom. The van der Waals surface area contributed by atoms with Gasteiger partial charge in [-0.1, -0.05) is 58.7 Å². The quantitative estimate of drug-likeness (QED) is 0.582. The van der Waals surface area contributed by atoms with E-state index in [0.29, 0.717) is 29.3 Å². The van der Waals surface area contributed by atoms with Crippen LogP contribution in [0.25, 0.3) is 0 Å². The third kappa shape index (κ3) is 3.56. The van der Waals surface area contributed by atoms with E-state index < -0.39 is 20.0 Å². The van der Waals surface area contributed by atoms with Crippen LogP contribution in [0.4, 0.5) is 0 Å². The van der Waals surface area contributed by atoms with Crippen molar-refractivity contribution in [2.45, 2.75) is 55.0 Å². The van der Waals surface area contributed by atoms with Crippen LogP contribution in [0, 0.1) is 25.7 Å². The smallest absolute Gasteiger partial charge is 0.207 e. The van der Waals surface area contributed by atoms with E-state index in [1.807, 2.05) is 38.1 Å². The van der Waals surface area contributed by atoms with Crippen molar-refractivity contribution in [3.63, 3.8) is 0 Å². The molecule has 6 nitrogen and oxygen atoms in total. The summed E-state index contributed by atoms with van der Waals surface area (Å²) in [6.45, 7) is 4.67. The van der Waals surface area contributed by atoms with Gasteiger partial charge in [-0.05, 0) is 57.4 Å². The lowest BCUT2D eigenvalue weighted by Gasteiger charge is -2.27. The number of rotatable bonds is 4. The molecule has 0 unspecified atom stereocenters. The second kappa shape index (κ2) is 8.13. The molecule has 2 aromatic rings. The Balaban J connectivity index is 1.40. The maximum absolute atomic E-state index is 13.7. The Labute approximate surface area is 208 Å². The van der Waals surface area contributed by atoms with Crippen LogP contribution < -0.4 is 0 Å². The van der Waals surface area contributed by atoms with Gasteiger partial charge in [-0.15, -0.1) is 0 Å². The molecule has 2 heterocycles. The van der Waals surface area contributed by atoms with E-state index in [2.05, 4.69) is 12.2 Å². The van der Waals surface area contributed by atoms with E-state index in [1.54, 1.807) is 32.9 Å². The van der Waals surface area contributed by atoms with Crippen molar-refractivity contribution in [2.24, 2.45) is 11.8 Å². The van der Waals surface area contributed by atoms with Gasteiger partial charge in [0, 0.05) is 37.0 Å². The summed E-state index contributed by atoms with van der Waals surface area (Å²) in [5.74, 6) is 0.0648. The monoisotopic (exact) mass is 510 g/mol. The van der Waals surface area contributed by atoms with E-state index in [1.165, 1.54) is 0 Å². The second-order valence-corrected chi connectivity index (χ2v) is 14.1. The molecule has 184 valence electrons. The fraction of sp³-hybridized carbons (Fsp3) is 0.407. The van der Waals surface area contributed by atoms with Gasteiger partial charge in [0.25, 0.3) is 0 Å². The minimum Gasteiger partial charge on any atom is -0.207 e. The van der Waals surface area contributed by atoms with Gasteiger partial charge in [-0.25, -0.2) is 16.8 Å². The van der Waals surface area contributed by atoms with Crippen molar-refractivity contribution in [1.82, 2.24) is 8.61 Å². The minimum atomic E-state index is -3.69. The topological polar surface area (TPSA) is 74.8 Å². The predicted octanol–water partition coefficient (Wildman–Crippen LogP) is 4.03. The van der Waals surface area contributed by atoms with Crippen LogP contribution in [0.15, 0.2) is 81.6 Å². The van der Waals surface area contributed by atoms with E-state index in [4.69, 9.17) is 0 Å². The SMILES string of the molecule is Cc1ccc(S(=O)(=O)N2C/C3=C/CC/C=C4/CN(S(=O)(=O)c5ccc(C)cc5)[C@H]5C[C@@H]2[C@@H]3[C@@H]45)cc1. The largest absolute Gasteiger partial charge is 0.243 e. The number of hydrogen-bond donors (Lipinski definition) is 0. The number of hydrogen-bond acceptors (Lipinski definition) is 4. The molecule has 4 atom stereocenters. The molecule has 1 saturated carbocycles. The number of benzene rings is 2. The predicted molar refractivity (Wildman–Crippen MR) is 135 cm³/mol. The highest BCUT2D eigenvalue weighted by atomic mass is 32.2. The zero-order chi connectivity index (χ0) is 24.5. The minimum absolute atomic E-state index is 0.0324. The maximum atomic E-state index is 13.7. The summed E-state index contributed by atoms with van der Waals surface area (Å²) in [6, 6.07) is 13.5. The molecule has 8 heteroatoms. The molecule has 0 radical (unpaired) electrons. The van der Waals surface area contributed by atoms with Crippen LogP contribution in [0.1, 0.15) is 30.4 Å². The summed E-state index contributed by atoms with van der Waals surface area (Å²) < 4.78 is 58.2. The van der Waals surface area contributed by atoms with Crippen molar-refractivity contribution < 1.29 is 16.8 Å². The van der Waals surface area contributed by atoms with Crippen LogP contribution in [0.5, 0.6) is 0 Å². The Bertz CT molecular complexity index is 1330. The van der Waals surface area contributed by atoms with Crippen LogP contribution in [0.2, 0.25) is 0 Å². The number of nitrogens with zero attached hydrogens (tertiary/aromatic N) is 2. The third-order valence-electron chi connectivity index (χ3n) is 8.21. The van der Waals surface area contributed by atoms with Gasteiger partial charge in [0.1, 0.15) is 0 Å². The molecule has 35 heavy (non-hydrogen) atoms. The van der Waals surface area contributed by atoms with Gasteiger partial charge in [0.2, 0.25) is 20.0 Å². The van der Waals surface area contributed by atoms with Crippen molar-refractivity contribution in [1.29, 1.82) is 0 Å². The summed E-state index contributed by atoms with van der Waals surface area (Å²) in [4.78, 5) is 0.602. The normalized spacial score (nSPS) is 31.8. The van der Waals surface area contributed by atoms with Crippen LogP contribution in [0.3, 0.4) is 0 Å². The Hall–Kier alpha value is -2.26. The van der Waals surface area contributed by atoms with Crippen LogP contribution in [-0.2, 0) is 20.0 Å². The lowest BCUT2D eigenvalue weighted by Crippen LogP contribution is -2.40. The van der Waals surface area contributed by atoms with Gasteiger partial charge < -0.3 is 0 Å². The average molecular weight is 511 g/mol. The van der Waals surface area contributed by atoms with Gasteiger partial charge >= 0.3 is 0 Å². The number of allylic oxidation sites excluding steroid dienone is 2. The molecule has 4 aliphatic rings. The Morgan fingerprint density at radius 1 is 0.629 bits per heavy atom. The summed E-state index contributed by atoms with van der Waals surface area (Å²) in [5.41, 5.74) is 4.32. The standard InChI is InChI=1S/C27H30N2O4S2/c1-18-7-11-22(12-8-18)34(30,31)28-16-20-5-3-4-6-21-17-29(25-15-24(28)26(20)27(21)25)35(32,33)23-13-9-19(2)10-14-23/h5-14,24-27H,3-4,15-17H2,1-2H3/b20-5-,21-6-/t24-,25+,26-,27+. The molecular formula is C27H30N2O4S2. The first-order valence-corrected chi connectivity index (χ1v) is 15.1. The Kier molecular flexibility index (Phi) is 5.38. The van der Waals surface area contributed by atoms with E-state index in [0.717, 1.165) is 35.1 Å². The molecular weight excluding hydrogens is 480 g/mol. The highest BCUT2D eigenvalue weighted by Crippen LogP contribution is 2.55. The van der Waals surface area contributed by atoms with Gasteiger partial charge in [-0.2, -0.15) is 8.61 Å². The highest BCUT2D eigenvalue weighted by Gasteiger charge is 2.61. The van der Waals surface area contributed by atoms with Crippen molar-refractivity contribution in [3.8, 4) is 0 Å². The Morgan fingerprint density at radius 3 is 1.37 bits per heavy atom. The van der Waals surface area contributed by atoms with Gasteiger partial charge in [0.15, 0.2) is 0 Å². The number of aryl methyl sites for hydroxylation is 2. The summed E-state index contributed by atoms with van der Waals surface area (Å²) in [7, 11) is -7.39. The molecule has 6 rings (SSSR count). The molecule has 2 aliphatic carbocycles. The van der Waals surface area contributed by atoms with E-state index in [9.17, 15) is 16.8 Å². The summed E-state index contributed by atoms with van der Waals surface area (Å²) >= 11 is 0. The first kappa shape index (κ1) is 23.2. The molecule has 0 aromatic heterocycles. The van der Waals surface area contributed by atoms with Gasteiger partial charge in [-0.3, -0.25) is 0 Å². The lowest BCUT2D eigenvalue weighted by atomic mass is 9.82. The van der Waals surface area contributed by atoms with Crippen LogP contribution >= 0.6 is 0 Å². The fourth-order valence-electron chi connectivity index (χ4n) is 6.53. The first-order valence-electron chi connectivity index (χ1n) is 12.2. The van der Waals surface area contributed by atoms with Crippen molar-refractivity contribution >= 4 is 20.0 Å². The third-order valence-corrected chi connectivity index (χ3v) is 12.0. The molecule has 0 bridgehead atoms. The molecule has 2 saturated heterocycles. The van der Waals surface area contributed by atoms with E-state index in [-0.39, 0.29) is 23.9 Å². The lowest BCUT2D eigenvalue weighted by molar-refractivity contribution is 0.328. The zero-order valence-corrected chi connectivity index (χ0v) is 21.6. The summed E-state index contributed by atoms with van der Waals surface area (Å²) in [5, 5.41) is 0. The highest BCUT2D eigenvalue weighted by molar-refractivity contribution is 7.89. The molecule has 0 amide bonds. The van der Waals surface area contributed by atoms with Crippen molar-refractivity contribution in [2.75, 3.05) is 13.1 Å². The van der Waals surface area contributed by atoms with Crippen molar-refractivity contribution in [3.05, 3.63) is 83.0 Å². The molecule has 3 fully saturated rings. The van der Waals surface area contributed by atoms with Crippen LogP contribution in [-0.4, -0.2) is 50.6 Å². The first-order chi connectivity index (χ1) is 16.7. The molecule has 0 spiro atoms. The zero-order valence-electron chi connectivity index (χ0n) is 20.0. The summed E-state index contributed by atoms with van der Waals surface area (Å²) in [6.07, 6.45) is 6.62. The maximum Gasteiger partial charge on any atom is 0.243 e. The molecule has 0 N–H and O–H groups in total. The molecule has 2 aromatic carbocycles. The average Bonchev–Trinajstić information content (AvgIpc) is 3.45. The number of sulfonamides is 2. The van der Waals surface area contributed by atoms with E-state index >= 15 is 0 Å². The fourth-order valence-corrected chi connectivity index (χ4v) is 9.82.